The summed E-state index contributed by atoms with van der Waals surface area (Å²) >= 11 is 0. The molecule has 0 aliphatic carbocycles. The zero-order valence-corrected chi connectivity index (χ0v) is 25.3. The Labute approximate surface area is 233 Å². The number of carbonyl (C=O) groups is 2. The molecule has 0 atom stereocenters. The quantitative estimate of drug-likeness (QED) is 0.182. The largest absolute Gasteiger partial charge is 0.373 e. The van der Waals surface area contributed by atoms with Gasteiger partial charge in [-0.25, -0.2) is 4.79 Å². The maximum atomic E-state index is 13.5. The van der Waals surface area contributed by atoms with Crippen molar-refractivity contribution < 1.29 is 9.59 Å². The summed E-state index contributed by atoms with van der Waals surface area (Å²) in [6.07, 6.45) is 5.50. The van der Waals surface area contributed by atoms with Gasteiger partial charge in [0.05, 0.1) is 0 Å². The molecule has 2 heterocycles. The van der Waals surface area contributed by atoms with Crippen LogP contribution in [0.3, 0.4) is 0 Å². The number of fused-ring (bicyclic) bond motifs is 1. The van der Waals surface area contributed by atoms with Gasteiger partial charge < -0.3 is 14.4 Å². The van der Waals surface area contributed by atoms with Gasteiger partial charge in [-0.1, -0.05) is 53.7 Å². The molecule has 204 valence electrons. The molecule has 2 aromatic heterocycles. The van der Waals surface area contributed by atoms with Gasteiger partial charge in [0.15, 0.2) is 14.0 Å². The Morgan fingerprint density at radius 2 is 1.56 bits per heavy atom. The van der Waals surface area contributed by atoms with Gasteiger partial charge in [0.1, 0.15) is 0 Å². The fourth-order valence-corrected chi connectivity index (χ4v) is 13.1. The van der Waals surface area contributed by atoms with Crippen molar-refractivity contribution >= 4 is 36.6 Å². The van der Waals surface area contributed by atoms with E-state index in [9.17, 15) is 9.59 Å². The minimum Gasteiger partial charge on any atom is -0.373 e. The van der Waals surface area contributed by atoms with E-state index in [1.54, 1.807) is 44.7 Å². The molecule has 2 aromatic carbocycles. The molecule has 1 N–H and O–H groups in total. The summed E-state index contributed by atoms with van der Waals surface area (Å²) in [4.78, 5) is 31.6. The summed E-state index contributed by atoms with van der Waals surface area (Å²) in [5.41, 5.74) is 6.40. The lowest BCUT2D eigenvalue weighted by molar-refractivity contribution is 0.103. The van der Waals surface area contributed by atoms with Crippen LogP contribution < -0.4 is 5.32 Å². The molecule has 6 nitrogen and oxygen atoms in total. The van der Waals surface area contributed by atoms with Crippen molar-refractivity contribution in [2.45, 2.75) is 58.2 Å². The number of hydrogen-bond acceptors (Lipinski definition) is 3. The Kier molecular flexibility index (Phi) is 8.11. The first-order valence-electron chi connectivity index (χ1n) is 13.7. The van der Waals surface area contributed by atoms with Crippen molar-refractivity contribution in [3.63, 3.8) is 0 Å². The number of carbonyl (C=O) groups excluding carboxylic acids is 2. The number of pyridine rings is 1. The number of anilines is 1. The number of benzene rings is 2. The first-order valence-corrected chi connectivity index (χ1v) is 15.8. The molecule has 0 radical (unpaired) electrons. The average Bonchev–Trinajstić information content (AvgIpc) is 3.32. The van der Waals surface area contributed by atoms with Crippen molar-refractivity contribution in [3.05, 3.63) is 84.3 Å². The molecule has 0 saturated carbocycles. The van der Waals surface area contributed by atoms with Gasteiger partial charge in [0.2, 0.25) is 0 Å². The Balaban J connectivity index is 1.93. The first kappa shape index (κ1) is 28.3. The lowest BCUT2D eigenvalue weighted by atomic mass is 9.96. The Morgan fingerprint density at radius 3 is 2.15 bits per heavy atom. The summed E-state index contributed by atoms with van der Waals surface area (Å²) in [5.74, 6) is -0.138. The van der Waals surface area contributed by atoms with E-state index < -0.39 is 8.24 Å². The fraction of sp³-hybridized carbons (Fsp3) is 0.344. The van der Waals surface area contributed by atoms with Crippen LogP contribution in [0.2, 0.25) is 16.6 Å². The maximum Gasteiger partial charge on any atom is 0.321 e. The van der Waals surface area contributed by atoms with Gasteiger partial charge in [0, 0.05) is 54.2 Å². The van der Waals surface area contributed by atoms with Crippen molar-refractivity contribution in [2.24, 2.45) is 0 Å². The molecule has 7 heteroatoms. The molecule has 2 amide bonds. The van der Waals surface area contributed by atoms with Crippen LogP contribution >= 0.6 is 0 Å². The van der Waals surface area contributed by atoms with Crippen LogP contribution in [0.15, 0.2) is 73.2 Å². The second-order valence-corrected chi connectivity index (χ2v) is 17.2. The second kappa shape index (κ2) is 11.2. The van der Waals surface area contributed by atoms with Gasteiger partial charge in [-0.2, -0.15) is 0 Å². The number of ketones is 1. The third kappa shape index (κ3) is 5.15. The zero-order valence-electron chi connectivity index (χ0n) is 24.3. The standard InChI is InChI=1S/C32H40N4O2Si/c1-21(2)39(22(3)4,23(5)6)36-16-14-29-28(12-9-13-30(29)36)25-17-26(31(37)24-11-10-15-33-20-24)19-27(18-25)34-32(38)35(7)8/h9-23H,1-8H3,(H,34,38). The van der Waals surface area contributed by atoms with Gasteiger partial charge in [-0.3, -0.25) is 9.78 Å². The van der Waals surface area contributed by atoms with Gasteiger partial charge in [0.25, 0.3) is 0 Å². The highest BCUT2D eigenvalue weighted by molar-refractivity contribution is 6.82. The van der Waals surface area contributed by atoms with Gasteiger partial charge in [-0.05, 0) is 76.4 Å². The number of urea groups is 1. The normalized spacial score (nSPS) is 12.0. The third-order valence-electron chi connectivity index (χ3n) is 8.01. The van der Waals surface area contributed by atoms with E-state index >= 15 is 0 Å². The topological polar surface area (TPSA) is 67.2 Å². The van der Waals surface area contributed by atoms with E-state index in [2.05, 4.69) is 86.5 Å². The molecular formula is C32H40N4O2Si. The number of aromatic nitrogens is 2. The second-order valence-electron chi connectivity index (χ2n) is 11.5. The SMILES string of the molecule is CC(C)[Si](C(C)C)(C(C)C)n1ccc2c(-c3cc(NC(=O)N(C)C)cc(C(=O)c4cccnc4)c3)cccc21. The highest BCUT2D eigenvalue weighted by Crippen LogP contribution is 2.45. The predicted molar refractivity (Wildman–Crippen MR) is 164 cm³/mol. The summed E-state index contributed by atoms with van der Waals surface area (Å²) in [6.45, 7) is 14.2. The minimum atomic E-state index is -1.96. The number of amides is 2. The molecule has 4 rings (SSSR count). The van der Waals surface area contributed by atoms with Crippen molar-refractivity contribution in [1.29, 1.82) is 0 Å². The molecule has 0 unspecified atom stereocenters. The Morgan fingerprint density at radius 1 is 0.872 bits per heavy atom. The van der Waals surface area contributed by atoms with E-state index in [4.69, 9.17) is 0 Å². The summed E-state index contributed by atoms with van der Waals surface area (Å²) in [7, 11) is 1.42. The van der Waals surface area contributed by atoms with E-state index in [1.165, 1.54) is 10.4 Å². The molecule has 0 aliphatic heterocycles. The summed E-state index contributed by atoms with van der Waals surface area (Å²) < 4.78 is 2.60. The van der Waals surface area contributed by atoms with Gasteiger partial charge in [-0.15, -0.1) is 0 Å². The van der Waals surface area contributed by atoms with E-state index in [0.29, 0.717) is 33.4 Å². The average molecular weight is 541 g/mol. The van der Waals surface area contributed by atoms with Crippen LogP contribution in [0.25, 0.3) is 22.0 Å². The third-order valence-corrected chi connectivity index (χ3v) is 14.8. The molecule has 0 aliphatic rings. The molecular weight excluding hydrogens is 500 g/mol. The number of nitrogens with zero attached hydrogens (tertiary/aromatic N) is 3. The molecule has 0 fully saturated rings. The zero-order chi connectivity index (χ0) is 28.5. The van der Waals surface area contributed by atoms with Crippen LogP contribution in [0.1, 0.15) is 57.5 Å². The Bertz CT molecular complexity index is 1470. The molecule has 0 saturated heterocycles. The number of hydrogen-bond donors (Lipinski definition) is 1. The van der Waals surface area contributed by atoms with Crippen LogP contribution in [0.4, 0.5) is 10.5 Å². The van der Waals surface area contributed by atoms with E-state index in [-0.39, 0.29) is 11.8 Å². The Hall–Kier alpha value is -3.71. The van der Waals surface area contributed by atoms with E-state index in [1.807, 2.05) is 12.1 Å². The van der Waals surface area contributed by atoms with Crippen LogP contribution in [-0.4, -0.2) is 48.3 Å². The van der Waals surface area contributed by atoms with Crippen LogP contribution in [0.5, 0.6) is 0 Å². The summed E-state index contributed by atoms with van der Waals surface area (Å²) in [6, 6.07) is 17.5. The molecule has 0 spiro atoms. The molecule has 39 heavy (non-hydrogen) atoms. The highest BCUT2D eigenvalue weighted by atomic mass is 28.3. The molecule has 4 aromatic rings. The van der Waals surface area contributed by atoms with E-state index in [0.717, 1.165) is 16.5 Å². The highest BCUT2D eigenvalue weighted by Gasteiger charge is 2.45. The fourth-order valence-electron chi connectivity index (χ4n) is 6.48. The number of nitrogens with one attached hydrogen (secondary N) is 1. The lowest BCUT2D eigenvalue weighted by Gasteiger charge is -2.44. The number of rotatable bonds is 8. The maximum absolute atomic E-state index is 13.5. The van der Waals surface area contributed by atoms with Crippen LogP contribution in [-0.2, 0) is 0 Å². The van der Waals surface area contributed by atoms with Crippen molar-refractivity contribution in [1.82, 2.24) is 14.1 Å². The molecule has 0 bridgehead atoms. The predicted octanol–water partition coefficient (Wildman–Crippen LogP) is 8.05. The lowest BCUT2D eigenvalue weighted by Crippen LogP contribution is -2.51. The van der Waals surface area contributed by atoms with Crippen molar-refractivity contribution in [3.8, 4) is 11.1 Å². The minimum absolute atomic E-state index is 0.138. The van der Waals surface area contributed by atoms with Gasteiger partial charge >= 0.3 is 6.03 Å². The van der Waals surface area contributed by atoms with Crippen molar-refractivity contribution in [2.75, 3.05) is 19.4 Å². The summed E-state index contributed by atoms with van der Waals surface area (Å²) in [5, 5.41) is 4.09. The monoisotopic (exact) mass is 540 g/mol. The smallest absolute Gasteiger partial charge is 0.321 e. The first-order chi connectivity index (χ1) is 18.5. The van der Waals surface area contributed by atoms with Crippen LogP contribution in [0, 0.1) is 0 Å².